The monoisotopic (exact) mass is 374 g/mol. The molecule has 5 nitrogen and oxygen atoms in total. The van der Waals surface area contributed by atoms with Gasteiger partial charge in [0, 0.05) is 10.6 Å². The first-order valence-electron chi connectivity index (χ1n) is 7.99. The molecule has 0 radical (unpaired) electrons. The van der Waals surface area contributed by atoms with Crippen molar-refractivity contribution in [2.45, 2.75) is 13.5 Å². The van der Waals surface area contributed by atoms with Gasteiger partial charge in [-0.05, 0) is 48.9 Å². The second-order valence-electron chi connectivity index (χ2n) is 5.62. The third-order valence-corrected chi connectivity index (χ3v) is 4.02. The third-order valence-electron chi connectivity index (χ3n) is 3.79. The van der Waals surface area contributed by atoms with E-state index in [1.54, 1.807) is 18.2 Å². The van der Waals surface area contributed by atoms with Crippen molar-refractivity contribution >= 4 is 29.6 Å². The first-order valence-corrected chi connectivity index (χ1v) is 8.37. The summed E-state index contributed by atoms with van der Waals surface area (Å²) in [6, 6.07) is 10.1. The number of hydrogen-bond donors (Lipinski definition) is 1. The van der Waals surface area contributed by atoms with Gasteiger partial charge in [-0.25, -0.2) is 9.18 Å². The summed E-state index contributed by atoms with van der Waals surface area (Å²) in [5, 5.41) is 3.03. The van der Waals surface area contributed by atoms with Crippen LogP contribution in [0.25, 0.3) is 6.08 Å². The van der Waals surface area contributed by atoms with E-state index < -0.39 is 11.9 Å². The fourth-order valence-electron chi connectivity index (χ4n) is 2.56. The number of hydrogen-bond acceptors (Lipinski definition) is 3. The summed E-state index contributed by atoms with van der Waals surface area (Å²) in [6.07, 6.45) is 1.53. The minimum Gasteiger partial charge on any atom is -0.493 e. The maximum atomic E-state index is 13.0. The lowest BCUT2D eigenvalue weighted by atomic mass is 10.1. The van der Waals surface area contributed by atoms with E-state index in [1.165, 1.54) is 30.3 Å². The molecule has 0 aromatic heterocycles. The van der Waals surface area contributed by atoms with E-state index in [0.717, 1.165) is 4.90 Å². The second kappa shape index (κ2) is 7.58. The van der Waals surface area contributed by atoms with Crippen LogP contribution < -0.4 is 10.1 Å². The Morgan fingerprint density at radius 3 is 2.62 bits per heavy atom. The van der Waals surface area contributed by atoms with Crippen molar-refractivity contribution in [3.05, 3.63) is 70.1 Å². The summed E-state index contributed by atoms with van der Waals surface area (Å²) in [7, 11) is 0. The predicted octanol–water partition coefficient (Wildman–Crippen LogP) is 3.97. The highest BCUT2D eigenvalue weighted by atomic mass is 35.5. The lowest BCUT2D eigenvalue weighted by Crippen LogP contribution is -2.30. The van der Waals surface area contributed by atoms with Crippen molar-refractivity contribution in [2.75, 3.05) is 6.61 Å². The quantitative estimate of drug-likeness (QED) is 0.636. The molecule has 134 valence electrons. The minimum atomic E-state index is -0.537. The van der Waals surface area contributed by atoms with Crippen molar-refractivity contribution in [1.29, 1.82) is 0 Å². The van der Waals surface area contributed by atoms with Gasteiger partial charge in [0.2, 0.25) is 0 Å². The molecule has 26 heavy (non-hydrogen) atoms. The maximum Gasteiger partial charge on any atom is 0.329 e. The Bertz CT molecular complexity index is 881. The van der Waals surface area contributed by atoms with E-state index in [4.69, 9.17) is 16.3 Å². The summed E-state index contributed by atoms with van der Waals surface area (Å²) < 4.78 is 18.5. The number of benzene rings is 2. The van der Waals surface area contributed by atoms with E-state index in [9.17, 15) is 14.0 Å². The van der Waals surface area contributed by atoms with Crippen LogP contribution in [-0.2, 0) is 11.3 Å². The highest BCUT2D eigenvalue weighted by Crippen LogP contribution is 2.26. The van der Waals surface area contributed by atoms with Crippen LogP contribution in [0.5, 0.6) is 5.75 Å². The van der Waals surface area contributed by atoms with Crippen LogP contribution in [0.1, 0.15) is 18.1 Å². The molecule has 1 heterocycles. The fourth-order valence-corrected chi connectivity index (χ4v) is 2.74. The number of nitrogens with one attached hydrogen (secondary N) is 1. The van der Waals surface area contributed by atoms with Crippen LogP contribution in [-0.4, -0.2) is 23.4 Å². The summed E-state index contributed by atoms with van der Waals surface area (Å²) in [6.45, 7) is 2.35. The number of amides is 3. The molecule has 2 aromatic rings. The molecular formula is C19H16ClFN2O3. The fraction of sp³-hybridized carbons (Fsp3) is 0.158. The summed E-state index contributed by atoms with van der Waals surface area (Å²) >= 11 is 6.02. The first kappa shape index (κ1) is 17.9. The molecule has 1 fully saturated rings. The molecule has 0 spiro atoms. The Labute approximate surface area is 155 Å². The molecule has 1 saturated heterocycles. The SMILES string of the molecule is CCOc1ccc(Cl)cc1/C=C1/NC(=O)N(Cc2ccc(F)cc2)C1=O. The van der Waals surface area contributed by atoms with E-state index >= 15 is 0 Å². The number of halogens is 2. The standard InChI is InChI=1S/C19H16ClFN2O3/c1-2-26-17-8-5-14(20)9-13(17)10-16-18(24)23(19(25)22-16)11-12-3-6-15(21)7-4-12/h3-10H,2,11H2,1H3,(H,22,25)/b16-10+. The topological polar surface area (TPSA) is 58.6 Å². The zero-order chi connectivity index (χ0) is 18.7. The zero-order valence-corrected chi connectivity index (χ0v) is 14.7. The van der Waals surface area contributed by atoms with E-state index in [-0.39, 0.29) is 18.1 Å². The van der Waals surface area contributed by atoms with Gasteiger partial charge in [-0.3, -0.25) is 9.69 Å². The zero-order valence-electron chi connectivity index (χ0n) is 14.0. The van der Waals surface area contributed by atoms with Crippen LogP contribution in [0.15, 0.2) is 48.2 Å². The third kappa shape index (κ3) is 3.86. The van der Waals surface area contributed by atoms with Gasteiger partial charge < -0.3 is 10.1 Å². The van der Waals surface area contributed by atoms with Crippen molar-refractivity contribution in [2.24, 2.45) is 0 Å². The summed E-state index contributed by atoms with van der Waals surface area (Å²) in [4.78, 5) is 25.8. The van der Waals surface area contributed by atoms with Crippen LogP contribution in [0.3, 0.4) is 0 Å². The van der Waals surface area contributed by atoms with E-state index in [0.29, 0.717) is 28.5 Å². The van der Waals surface area contributed by atoms with Crippen molar-refractivity contribution < 1.29 is 18.7 Å². The van der Waals surface area contributed by atoms with Gasteiger partial charge in [-0.15, -0.1) is 0 Å². The Balaban J connectivity index is 1.85. The lowest BCUT2D eigenvalue weighted by molar-refractivity contribution is -0.123. The predicted molar refractivity (Wildman–Crippen MR) is 96.1 cm³/mol. The number of urea groups is 1. The molecule has 2 aromatic carbocycles. The molecule has 0 saturated carbocycles. The van der Waals surface area contributed by atoms with Gasteiger partial charge in [-0.2, -0.15) is 0 Å². The minimum absolute atomic E-state index is 0.0517. The average Bonchev–Trinajstić information content (AvgIpc) is 2.87. The number of ether oxygens (including phenoxy) is 1. The molecule has 0 aliphatic carbocycles. The maximum absolute atomic E-state index is 13.0. The molecule has 3 rings (SSSR count). The van der Waals surface area contributed by atoms with E-state index in [2.05, 4.69) is 5.32 Å². The lowest BCUT2D eigenvalue weighted by Gasteiger charge is -2.11. The first-order chi connectivity index (χ1) is 12.5. The summed E-state index contributed by atoms with van der Waals surface area (Å²) in [5.41, 5.74) is 1.36. The Kier molecular flexibility index (Phi) is 5.23. The molecular weight excluding hydrogens is 359 g/mol. The van der Waals surface area contributed by atoms with Gasteiger partial charge in [0.1, 0.15) is 17.3 Å². The van der Waals surface area contributed by atoms with Gasteiger partial charge in [0.05, 0.1) is 13.2 Å². The van der Waals surface area contributed by atoms with Crippen LogP contribution >= 0.6 is 11.6 Å². The molecule has 0 unspecified atom stereocenters. The Hall–Kier alpha value is -2.86. The highest BCUT2D eigenvalue weighted by Gasteiger charge is 2.33. The molecule has 1 aliphatic heterocycles. The van der Waals surface area contributed by atoms with Gasteiger partial charge in [0.15, 0.2) is 0 Å². The smallest absolute Gasteiger partial charge is 0.329 e. The molecule has 1 N–H and O–H groups in total. The highest BCUT2D eigenvalue weighted by molar-refractivity contribution is 6.30. The number of rotatable bonds is 5. The van der Waals surface area contributed by atoms with Crippen molar-refractivity contribution in [3.63, 3.8) is 0 Å². The Morgan fingerprint density at radius 1 is 1.19 bits per heavy atom. The van der Waals surface area contributed by atoms with Crippen LogP contribution in [0.4, 0.5) is 9.18 Å². The molecule has 3 amide bonds. The van der Waals surface area contributed by atoms with Gasteiger partial charge in [0.25, 0.3) is 5.91 Å². The van der Waals surface area contributed by atoms with Gasteiger partial charge >= 0.3 is 6.03 Å². The number of carbonyl (C=O) groups excluding carboxylic acids is 2. The van der Waals surface area contributed by atoms with Gasteiger partial charge in [-0.1, -0.05) is 23.7 Å². The number of imide groups is 1. The molecule has 1 aliphatic rings. The molecule has 0 bridgehead atoms. The normalized spacial score (nSPS) is 15.5. The number of nitrogens with zero attached hydrogens (tertiary/aromatic N) is 1. The number of carbonyl (C=O) groups is 2. The van der Waals surface area contributed by atoms with E-state index in [1.807, 2.05) is 6.92 Å². The largest absolute Gasteiger partial charge is 0.493 e. The van der Waals surface area contributed by atoms with Crippen molar-refractivity contribution in [1.82, 2.24) is 10.2 Å². The van der Waals surface area contributed by atoms with Crippen LogP contribution in [0.2, 0.25) is 5.02 Å². The Morgan fingerprint density at radius 2 is 1.92 bits per heavy atom. The van der Waals surface area contributed by atoms with Crippen molar-refractivity contribution in [3.8, 4) is 5.75 Å². The van der Waals surface area contributed by atoms with Crippen LogP contribution in [0, 0.1) is 5.82 Å². The summed E-state index contributed by atoms with van der Waals surface area (Å²) in [5.74, 6) is -0.291. The average molecular weight is 375 g/mol. The molecule has 0 atom stereocenters. The molecule has 7 heteroatoms. The second-order valence-corrected chi connectivity index (χ2v) is 6.06.